The van der Waals surface area contributed by atoms with Gasteiger partial charge < -0.3 is 9.47 Å². The molecule has 1 unspecified atom stereocenters. The third-order valence-corrected chi connectivity index (χ3v) is 11.4. The van der Waals surface area contributed by atoms with E-state index >= 15 is 0 Å². The Morgan fingerprint density at radius 3 is 2.28 bits per heavy atom. The first-order chi connectivity index (χ1) is 23.2. The lowest BCUT2D eigenvalue weighted by molar-refractivity contribution is 0.689. The molecule has 0 N–H and O–H groups in total. The average Bonchev–Trinajstić information content (AvgIpc) is 3.45. The van der Waals surface area contributed by atoms with E-state index in [-0.39, 0.29) is 0 Å². The van der Waals surface area contributed by atoms with Gasteiger partial charge in [-0.2, -0.15) is 0 Å². The van der Waals surface area contributed by atoms with E-state index in [1.807, 2.05) is 11.8 Å². The SMILES string of the molecule is C=C1/C=C\C=C/N(c2ccc(C)cc2)c2c1ccc1c2Sc2ccccc2C12c1ccccc1-n1c3ccccc3c3cccc2c31. The van der Waals surface area contributed by atoms with Crippen LogP contribution in [0.5, 0.6) is 0 Å². The molecular weight excluding hydrogens is 589 g/mol. The molecule has 1 spiro atoms. The van der Waals surface area contributed by atoms with Gasteiger partial charge >= 0.3 is 0 Å². The summed E-state index contributed by atoms with van der Waals surface area (Å²) in [6.45, 7) is 6.70. The molecule has 1 atom stereocenters. The second-order valence-electron chi connectivity index (χ2n) is 12.7. The van der Waals surface area contributed by atoms with Gasteiger partial charge in [0, 0.05) is 38.0 Å². The number of allylic oxidation sites excluding steroid dienone is 4. The highest BCUT2D eigenvalue weighted by molar-refractivity contribution is 7.99. The van der Waals surface area contributed by atoms with E-state index in [1.54, 1.807) is 0 Å². The Morgan fingerprint density at radius 2 is 1.38 bits per heavy atom. The summed E-state index contributed by atoms with van der Waals surface area (Å²) in [5.41, 5.74) is 14.2. The number of aromatic nitrogens is 1. The van der Waals surface area contributed by atoms with Crippen LogP contribution in [0.1, 0.15) is 33.4 Å². The summed E-state index contributed by atoms with van der Waals surface area (Å²) in [6, 6.07) is 47.5. The van der Waals surface area contributed by atoms with Gasteiger partial charge in [0.1, 0.15) is 0 Å². The maximum absolute atomic E-state index is 4.56. The molecule has 3 aliphatic rings. The van der Waals surface area contributed by atoms with Gasteiger partial charge in [0.05, 0.1) is 27.8 Å². The van der Waals surface area contributed by atoms with Crippen LogP contribution in [0.2, 0.25) is 0 Å². The van der Waals surface area contributed by atoms with Crippen molar-refractivity contribution in [1.82, 2.24) is 4.57 Å². The molecule has 0 amide bonds. The molecule has 0 aliphatic carbocycles. The maximum atomic E-state index is 4.56. The summed E-state index contributed by atoms with van der Waals surface area (Å²) >= 11 is 1.89. The largest absolute Gasteiger partial charge is 0.315 e. The molecule has 1 aromatic heterocycles. The van der Waals surface area contributed by atoms with E-state index in [0.717, 1.165) is 16.8 Å². The highest BCUT2D eigenvalue weighted by atomic mass is 32.2. The molecule has 10 rings (SSSR count). The summed E-state index contributed by atoms with van der Waals surface area (Å²) in [5, 5.41) is 2.57. The molecule has 4 heterocycles. The third kappa shape index (κ3) is 3.47. The highest BCUT2D eigenvalue weighted by Crippen LogP contribution is 2.62. The fourth-order valence-corrected chi connectivity index (χ4v) is 9.60. The molecule has 3 heteroatoms. The lowest BCUT2D eigenvalue weighted by Gasteiger charge is -2.46. The van der Waals surface area contributed by atoms with Crippen molar-refractivity contribution in [2.24, 2.45) is 0 Å². The van der Waals surface area contributed by atoms with Crippen LogP contribution in [0.3, 0.4) is 0 Å². The van der Waals surface area contributed by atoms with Gasteiger partial charge in [0.2, 0.25) is 0 Å². The van der Waals surface area contributed by atoms with Crippen molar-refractivity contribution in [3.8, 4) is 5.69 Å². The van der Waals surface area contributed by atoms with Crippen molar-refractivity contribution >= 4 is 50.5 Å². The van der Waals surface area contributed by atoms with E-state index in [1.165, 1.54) is 70.8 Å². The zero-order valence-corrected chi connectivity index (χ0v) is 26.8. The Hall–Kier alpha value is -5.51. The van der Waals surface area contributed by atoms with Crippen LogP contribution in [0.4, 0.5) is 11.4 Å². The zero-order chi connectivity index (χ0) is 31.3. The van der Waals surface area contributed by atoms with Crippen molar-refractivity contribution in [1.29, 1.82) is 0 Å². The summed E-state index contributed by atoms with van der Waals surface area (Å²) in [6.07, 6.45) is 8.54. The third-order valence-electron chi connectivity index (χ3n) is 10.2. The molecule has 47 heavy (non-hydrogen) atoms. The number of anilines is 2. The van der Waals surface area contributed by atoms with Gasteiger partial charge in [0.25, 0.3) is 0 Å². The number of rotatable bonds is 1. The highest BCUT2D eigenvalue weighted by Gasteiger charge is 2.50. The van der Waals surface area contributed by atoms with Gasteiger partial charge in [-0.15, -0.1) is 0 Å². The standard InChI is InChI=1S/C44H30N2S/c1-28-21-23-30(24-22-28)45-27-10-9-12-29(2)31-25-26-37-43(42(31)45)47-40-20-8-5-16-35(40)44(37)34-15-4-7-19-39(34)46-38-18-6-3-13-32(38)33-14-11-17-36(44)41(33)46/h3-27H,2H2,1H3/b12-9-,27-10-. The number of aryl methyl sites for hydroxylation is 1. The zero-order valence-electron chi connectivity index (χ0n) is 25.9. The predicted octanol–water partition coefficient (Wildman–Crippen LogP) is 11.5. The maximum Gasteiger partial charge on any atom is 0.0765 e. The van der Waals surface area contributed by atoms with Crippen LogP contribution in [-0.2, 0) is 5.41 Å². The topological polar surface area (TPSA) is 8.17 Å². The molecule has 2 nitrogen and oxygen atoms in total. The van der Waals surface area contributed by atoms with Crippen molar-refractivity contribution in [2.75, 3.05) is 4.90 Å². The molecule has 0 saturated carbocycles. The molecule has 0 radical (unpaired) electrons. The second-order valence-corrected chi connectivity index (χ2v) is 13.7. The minimum Gasteiger partial charge on any atom is -0.315 e. The van der Waals surface area contributed by atoms with Crippen molar-refractivity contribution in [2.45, 2.75) is 22.1 Å². The normalized spacial score (nSPS) is 18.7. The summed E-state index contributed by atoms with van der Waals surface area (Å²) in [7, 11) is 0. The molecule has 222 valence electrons. The number of para-hydroxylation sites is 3. The lowest BCUT2D eigenvalue weighted by atomic mass is 9.62. The molecular formula is C44H30N2S. The minimum absolute atomic E-state index is 0.533. The first-order valence-corrected chi connectivity index (χ1v) is 17.0. The smallest absolute Gasteiger partial charge is 0.0765 e. The van der Waals surface area contributed by atoms with Crippen LogP contribution in [0.25, 0.3) is 33.1 Å². The van der Waals surface area contributed by atoms with E-state index in [0.29, 0.717) is 0 Å². The van der Waals surface area contributed by atoms with Crippen molar-refractivity contribution in [3.05, 3.63) is 192 Å². The van der Waals surface area contributed by atoms with Crippen LogP contribution in [0.15, 0.2) is 168 Å². The van der Waals surface area contributed by atoms with E-state index in [2.05, 4.69) is 175 Å². The average molecular weight is 619 g/mol. The Kier molecular flexibility index (Phi) is 5.53. The fourth-order valence-electron chi connectivity index (χ4n) is 8.26. The van der Waals surface area contributed by atoms with E-state index < -0.39 is 5.41 Å². The van der Waals surface area contributed by atoms with Gasteiger partial charge in [-0.1, -0.05) is 133 Å². The molecule has 6 aromatic carbocycles. The summed E-state index contributed by atoms with van der Waals surface area (Å²) in [5.74, 6) is 0. The number of hydrogen-bond acceptors (Lipinski definition) is 2. The van der Waals surface area contributed by atoms with Crippen LogP contribution in [-0.4, -0.2) is 4.57 Å². The Labute approximate surface area is 278 Å². The van der Waals surface area contributed by atoms with Crippen LogP contribution in [0, 0.1) is 6.92 Å². The number of fused-ring (bicyclic) bond motifs is 13. The van der Waals surface area contributed by atoms with Crippen LogP contribution < -0.4 is 4.90 Å². The van der Waals surface area contributed by atoms with Gasteiger partial charge in [-0.3, -0.25) is 0 Å². The first kappa shape index (κ1) is 26.7. The Balaban J connectivity index is 1.40. The monoisotopic (exact) mass is 618 g/mol. The molecule has 0 bridgehead atoms. The predicted molar refractivity (Wildman–Crippen MR) is 197 cm³/mol. The number of nitrogens with zero attached hydrogens (tertiary/aromatic N) is 2. The number of benzene rings is 6. The summed E-state index contributed by atoms with van der Waals surface area (Å²) in [4.78, 5) is 4.91. The van der Waals surface area contributed by atoms with Gasteiger partial charge in [-0.25, -0.2) is 0 Å². The Morgan fingerprint density at radius 1 is 0.638 bits per heavy atom. The number of hydrogen-bond donors (Lipinski definition) is 0. The van der Waals surface area contributed by atoms with Crippen LogP contribution >= 0.6 is 11.8 Å². The van der Waals surface area contributed by atoms with Gasteiger partial charge in [-0.05, 0) is 71.2 Å². The summed E-state index contributed by atoms with van der Waals surface area (Å²) < 4.78 is 2.51. The quantitative estimate of drug-likeness (QED) is 0.181. The Bertz CT molecular complexity index is 2530. The van der Waals surface area contributed by atoms with Crippen molar-refractivity contribution in [3.63, 3.8) is 0 Å². The molecule has 0 saturated heterocycles. The first-order valence-electron chi connectivity index (χ1n) is 16.1. The minimum atomic E-state index is -0.533. The molecule has 3 aliphatic heterocycles. The fraction of sp³-hybridized carbons (Fsp3) is 0.0455. The second kappa shape index (κ2) is 9.75. The molecule has 7 aromatic rings. The lowest BCUT2D eigenvalue weighted by Crippen LogP contribution is -2.38. The van der Waals surface area contributed by atoms with Crippen molar-refractivity contribution < 1.29 is 0 Å². The van der Waals surface area contributed by atoms with E-state index in [4.69, 9.17) is 0 Å². The van der Waals surface area contributed by atoms with E-state index in [9.17, 15) is 0 Å². The van der Waals surface area contributed by atoms with Gasteiger partial charge in [0.15, 0.2) is 0 Å². The molecule has 0 fully saturated rings.